The molecule has 0 aliphatic carbocycles. The van der Waals surface area contributed by atoms with Crippen molar-refractivity contribution in [3.8, 4) is 0 Å². The van der Waals surface area contributed by atoms with Crippen LogP contribution in [0.25, 0.3) is 31.3 Å². The Labute approximate surface area is 133 Å². The summed E-state index contributed by atoms with van der Waals surface area (Å²) in [7, 11) is -15.2. The van der Waals surface area contributed by atoms with Gasteiger partial charge in [0.25, 0.3) is 30.1 Å². The zero-order chi connectivity index (χ0) is 18.6. The molecule has 0 aliphatic heterocycles. The molecule has 0 spiro atoms. The van der Waals surface area contributed by atoms with Crippen molar-refractivity contribution in [2.24, 2.45) is 13.6 Å². The monoisotopic (exact) mass is 393 g/mol. The van der Waals surface area contributed by atoms with Gasteiger partial charge < -0.3 is 0 Å². The lowest BCUT2D eigenvalue weighted by Gasteiger charge is -2.09. The van der Waals surface area contributed by atoms with Crippen molar-refractivity contribution in [1.29, 1.82) is 0 Å². The smallest absolute Gasteiger partial charge is 0.216 e. The zero-order valence-corrected chi connectivity index (χ0v) is 13.4. The Bertz CT molecular complexity index is 1080. The first-order valence-corrected chi connectivity index (χ1v) is 9.42. The summed E-state index contributed by atoms with van der Waals surface area (Å²) in [5.41, 5.74) is 24.7. The lowest BCUT2D eigenvalue weighted by atomic mass is 10.4. The van der Waals surface area contributed by atoms with E-state index in [1.54, 1.807) is 0 Å². The van der Waals surface area contributed by atoms with E-state index in [1.807, 2.05) is 14.7 Å². The average Bonchev–Trinajstić information content (AvgIpc) is 2.46. The lowest BCUT2D eigenvalue weighted by molar-refractivity contribution is 0.574. The van der Waals surface area contributed by atoms with E-state index < -0.39 is 44.8 Å². The fourth-order valence-electron chi connectivity index (χ4n) is 1.43. The summed E-state index contributed by atoms with van der Waals surface area (Å²) in [6, 6.07) is 1.98. The van der Waals surface area contributed by atoms with Crippen LogP contribution >= 0.6 is 0 Å². The molecule has 15 nitrogen and oxygen atoms in total. The van der Waals surface area contributed by atoms with Gasteiger partial charge in [-0.2, -0.15) is 0 Å². The Morgan fingerprint density at radius 2 is 1.00 bits per heavy atom. The van der Waals surface area contributed by atoms with Gasteiger partial charge >= 0.3 is 0 Å². The van der Waals surface area contributed by atoms with Crippen LogP contribution in [0, 0.1) is 0 Å². The molecule has 24 heavy (non-hydrogen) atoms. The third kappa shape index (κ3) is 3.66. The van der Waals surface area contributed by atoms with E-state index in [4.69, 9.17) is 16.6 Å². The number of rotatable bonds is 6. The SMILES string of the molecule is [N-]=[N+]=NS(=O)(=O)c1cccc(S(=O)(=O)N=[N+]=[N-])c1S(=O)(=O)N=[N+]=[N-]. The van der Waals surface area contributed by atoms with Crippen LogP contribution in [-0.2, 0) is 30.1 Å². The van der Waals surface area contributed by atoms with Crippen LogP contribution in [-0.4, -0.2) is 25.3 Å². The van der Waals surface area contributed by atoms with Crippen molar-refractivity contribution >= 4 is 30.1 Å². The van der Waals surface area contributed by atoms with Crippen molar-refractivity contribution in [3.05, 3.63) is 49.5 Å². The maximum atomic E-state index is 12.0. The molecule has 0 unspecified atom stereocenters. The molecule has 0 saturated carbocycles. The van der Waals surface area contributed by atoms with Crippen LogP contribution in [0.3, 0.4) is 0 Å². The first-order valence-electron chi connectivity index (χ1n) is 5.10. The summed E-state index contributed by atoms with van der Waals surface area (Å²) in [6.45, 7) is 0. The lowest BCUT2D eigenvalue weighted by Crippen LogP contribution is -2.11. The first-order chi connectivity index (χ1) is 11.0. The van der Waals surface area contributed by atoms with E-state index >= 15 is 0 Å². The number of hydrogen-bond acceptors (Lipinski definition) is 6. The molecule has 0 amide bonds. The fraction of sp³-hybridized carbons (Fsp3) is 0. The molecule has 0 bridgehead atoms. The molecule has 0 N–H and O–H groups in total. The summed E-state index contributed by atoms with van der Waals surface area (Å²) in [4.78, 5) is 1.88. The number of benzene rings is 1. The third-order valence-corrected chi connectivity index (χ3v) is 6.06. The number of azide groups is 3. The topological polar surface area (TPSA) is 249 Å². The van der Waals surface area contributed by atoms with Crippen molar-refractivity contribution < 1.29 is 25.3 Å². The van der Waals surface area contributed by atoms with E-state index in [0.29, 0.717) is 12.1 Å². The largest absolute Gasteiger partial charge is 0.266 e. The highest BCUT2D eigenvalue weighted by Gasteiger charge is 2.33. The van der Waals surface area contributed by atoms with Crippen LogP contribution in [0.1, 0.15) is 0 Å². The van der Waals surface area contributed by atoms with Gasteiger partial charge in [0.2, 0.25) is 0 Å². The van der Waals surface area contributed by atoms with Crippen LogP contribution in [0.15, 0.2) is 46.4 Å². The van der Waals surface area contributed by atoms with Gasteiger partial charge in [0.05, 0.1) is 9.79 Å². The molecule has 0 fully saturated rings. The van der Waals surface area contributed by atoms with Gasteiger partial charge in [-0.3, -0.25) is 0 Å². The summed E-state index contributed by atoms with van der Waals surface area (Å²) in [6.07, 6.45) is 0. The molecule has 1 aromatic rings. The Balaban J connectivity index is 4.23. The van der Waals surface area contributed by atoms with Crippen LogP contribution in [0.5, 0.6) is 0 Å². The summed E-state index contributed by atoms with van der Waals surface area (Å²) < 4.78 is 78.3. The molecule has 18 heteroatoms. The van der Waals surface area contributed by atoms with Gasteiger partial charge in [0, 0.05) is 28.3 Å². The Morgan fingerprint density at radius 3 is 1.33 bits per heavy atom. The maximum Gasteiger partial charge on any atom is 0.266 e. The van der Waals surface area contributed by atoms with Crippen molar-refractivity contribution in [1.82, 2.24) is 0 Å². The molecule has 1 aromatic carbocycles. The Hall–Kier alpha value is -3.00. The minimum Gasteiger partial charge on any atom is -0.216 e. The van der Waals surface area contributed by atoms with E-state index in [-0.39, 0.29) is 0 Å². The molecule has 0 radical (unpaired) electrons. The Kier molecular flexibility index (Phi) is 5.26. The standard InChI is InChI=1S/C6H3N9O6S3/c7-10-13-22(16,17)4-2-1-3-5(23(18,19)14-11-8)6(4)24(20,21)15-12-9/h1-3H. The number of hydrogen-bond donors (Lipinski definition) is 0. The zero-order valence-electron chi connectivity index (χ0n) is 10.9. The van der Waals surface area contributed by atoms with E-state index in [0.717, 1.165) is 6.07 Å². The third-order valence-electron chi connectivity index (χ3n) is 2.19. The molecular weight excluding hydrogens is 390 g/mol. The molecular formula is C6H3N9O6S3. The normalized spacial score (nSPS) is 11.5. The van der Waals surface area contributed by atoms with Gasteiger partial charge in [-0.05, 0) is 28.7 Å². The van der Waals surface area contributed by atoms with Gasteiger partial charge in [0.1, 0.15) is 4.90 Å². The molecule has 0 aromatic heterocycles. The highest BCUT2D eigenvalue weighted by molar-refractivity contribution is 7.94. The summed E-state index contributed by atoms with van der Waals surface area (Å²) in [5, 5.41) is 0. The molecule has 0 heterocycles. The first kappa shape index (κ1) is 19.0. The fourth-order valence-corrected chi connectivity index (χ4v) is 5.14. The van der Waals surface area contributed by atoms with Gasteiger partial charge in [-0.15, -0.1) is 0 Å². The van der Waals surface area contributed by atoms with E-state index in [1.165, 1.54) is 0 Å². The minimum absolute atomic E-state index is 0.596. The second-order valence-electron chi connectivity index (χ2n) is 3.52. The number of nitrogens with zero attached hydrogens (tertiary/aromatic N) is 9. The van der Waals surface area contributed by atoms with Gasteiger partial charge in [0.15, 0.2) is 0 Å². The molecule has 0 aliphatic rings. The summed E-state index contributed by atoms with van der Waals surface area (Å²) >= 11 is 0. The molecule has 1 rings (SSSR count). The molecule has 0 saturated heterocycles. The van der Waals surface area contributed by atoms with Crippen LogP contribution in [0.2, 0.25) is 0 Å². The van der Waals surface area contributed by atoms with Gasteiger partial charge in [-0.25, -0.2) is 25.3 Å². The van der Waals surface area contributed by atoms with E-state index in [2.05, 4.69) is 13.6 Å². The minimum atomic E-state index is -5.19. The highest BCUT2D eigenvalue weighted by atomic mass is 32.2. The molecule has 0 atom stereocenters. The van der Waals surface area contributed by atoms with Crippen LogP contribution in [0.4, 0.5) is 0 Å². The van der Waals surface area contributed by atoms with Crippen molar-refractivity contribution in [2.45, 2.75) is 14.7 Å². The quantitative estimate of drug-likeness (QED) is 0.394. The van der Waals surface area contributed by atoms with Crippen molar-refractivity contribution in [3.63, 3.8) is 0 Å². The average molecular weight is 393 g/mol. The summed E-state index contributed by atoms with van der Waals surface area (Å²) in [5.74, 6) is 0. The van der Waals surface area contributed by atoms with E-state index in [9.17, 15) is 25.3 Å². The molecule has 126 valence electrons. The second kappa shape index (κ2) is 6.63. The number of sulfonamides is 3. The Morgan fingerprint density at radius 1 is 0.667 bits per heavy atom. The maximum absolute atomic E-state index is 12.0. The predicted molar refractivity (Wildman–Crippen MR) is 75.4 cm³/mol. The van der Waals surface area contributed by atoms with Crippen LogP contribution < -0.4 is 0 Å². The van der Waals surface area contributed by atoms with Gasteiger partial charge in [-0.1, -0.05) is 6.07 Å². The van der Waals surface area contributed by atoms with Crippen molar-refractivity contribution in [2.75, 3.05) is 0 Å². The highest BCUT2D eigenvalue weighted by Crippen LogP contribution is 2.32. The predicted octanol–water partition coefficient (Wildman–Crippen LogP) is 1.68. The second-order valence-corrected chi connectivity index (χ2v) is 8.15.